The molecule has 0 saturated carbocycles. The molecule has 1 saturated heterocycles. The van der Waals surface area contributed by atoms with Crippen LogP contribution in [0.4, 0.5) is 0 Å². The van der Waals surface area contributed by atoms with Gasteiger partial charge in [0.15, 0.2) is 17.8 Å². The zero-order valence-corrected chi connectivity index (χ0v) is 11.4. The molecule has 1 atom stereocenters. The SMILES string of the molecule is COc1cc(C=CC(=O)O)ccc1OC1CCCCO1. The maximum Gasteiger partial charge on any atom is 0.328 e. The number of aliphatic carboxylic acids is 1. The number of methoxy groups -OCH3 is 1. The minimum atomic E-state index is -0.986. The fraction of sp³-hybridized carbons (Fsp3) is 0.400. The maximum absolute atomic E-state index is 10.5. The molecule has 0 spiro atoms. The number of benzene rings is 1. The van der Waals surface area contributed by atoms with Crippen molar-refractivity contribution in [3.05, 3.63) is 29.8 Å². The molecule has 1 unspecified atom stereocenters. The lowest BCUT2D eigenvalue weighted by molar-refractivity contribution is -0.131. The molecule has 1 aliphatic rings. The van der Waals surface area contributed by atoms with Crippen molar-refractivity contribution in [2.75, 3.05) is 13.7 Å². The van der Waals surface area contributed by atoms with Crippen LogP contribution in [0.2, 0.25) is 0 Å². The van der Waals surface area contributed by atoms with Crippen LogP contribution in [0.15, 0.2) is 24.3 Å². The van der Waals surface area contributed by atoms with E-state index < -0.39 is 5.97 Å². The molecule has 2 rings (SSSR count). The van der Waals surface area contributed by atoms with Gasteiger partial charge in [0.05, 0.1) is 13.7 Å². The summed E-state index contributed by atoms with van der Waals surface area (Å²) in [5.41, 5.74) is 0.737. The molecule has 1 aromatic carbocycles. The predicted octanol–water partition coefficient (Wildman–Crippen LogP) is 2.70. The molecule has 1 aliphatic heterocycles. The molecule has 5 nitrogen and oxygen atoms in total. The molecule has 0 bridgehead atoms. The summed E-state index contributed by atoms with van der Waals surface area (Å²) in [4.78, 5) is 10.5. The van der Waals surface area contributed by atoms with Crippen molar-refractivity contribution in [2.24, 2.45) is 0 Å². The van der Waals surface area contributed by atoms with Gasteiger partial charge < -0.3 is 19.3 Å². The molecule has 0 aliphatic carbocycles. The average Bonchev–Trinajstić information content (AvgIpc) is 2.47. The molecule has 1 aromatic rings. The monoisotopic (exact) mass is 278 g/mol. The fourth-order valence-corrected chi connectivity index (χ4v) is 2.00. The van der Waals surface area contributed by atoms with Crippen molar-refractivity contribution in [1.29, 1.82) is 0 Å². The summed E-state index contributed by atoms with van der Waals surface area (Å²) in [6, 6.07) is 5.27. The summed E-state index contributed by atoms with van der Waals surface area (Å²) in [7, 11) is 1.55. The van der Waals surface area contributed by atoms with Gasteiger partial charge in [0, 0.05) is 12.5 Å². The lowest BCUT2D eigenvalue weighted by Gasteiger charge is -2.24. The van der Waals surface area contributed by atoms with Crippen LogP contribution in [-0.4, -0.2) is 31.1 Å². The Bertz CT molecular complexity index is 489. The van der Waals surface area contributed by atoms with E-state index in [1.807, 2.05) is 0 Å². The third-order valence-electron chi connectivity index (χ3n) is 3.00. The highest BCUT2D eigenvalue weighted by atomic mass is 16.7. The summed E-state index contributed by atoms with van der Waals surface area (Å²) in [6.07, 6.45) is 5.37. The number of hydrogen-bond donors (Lipinski definition) is 1. The van der Waals surface area contributed by atoms with E-state index in [0.29, 0.717) is 18.1 Å². The van der Waals surface area contributed by atoms with E-state index in [2.05, 4.69) is 0 Å². The van der Waals surface area contributed by atoms with Crippen molar-refractivity contribution in [3.8, 4) is 11.5 Å². The lowest BCUT2D eigenvalue weighted by Crippen LogP contribution is -2.25. The van der Waals surface area contributed by atoms with Gasteiger partial charge in [-0.1, -0.05) is 6.07 Å². The normalized spacial score (nSPS) is 18.9. The minimum Gasteiger partial charge on any atom is -0.493 e. The van der Waals surface area contributed by atoms with E-state index in [1.165, 1.54) is 6.08 Å². The van der Waals surface area contributed by atoms with Crippen LogP contribution < -0.4 is 9.47 Å². The van der Waals surface area contributed by atoms with Crippen molar-refractivity contribution in [2.45, 2.75) is 25.6 Å². The van der Waals surface area contributed by atoms with Crippen molar-refractivity contribution >= 4 is 12.0 Å². The summed E-state index contributed by atoms with van der Waals surface area (Å²) >= 11 is 0. The van der Waals surface area contributed by atoms with Gasteiger partial charge in [0.1, 0.15) is 0 Å². The van der Waals surface area contributed by atoms with Gasteiger partial charge in [-0.25, -0.2) is 4.79 Å². The molecular weight excluding hydrogens is 260 g/mol. The first-order chi connectivity index (χ1) is 9.69. The van der Waals surface area contributed by atoms with E-state index in [0.717, 1.165) is 30.9 Å². The van der Waals surface area contributed by atoms with Crippen LogP contribution in [0.3, 0.4) is 0 Å². The highest BCUT2D eigenvalue weighted by molar-refractivity contribution is 5.85. The van der Waals surface area contributed by atoms with E-state index in [9.17, 15) is 4.79 Å². The first-order valence-corrected chi connectivity index (χ1v) is 6.56. The van der Waals surface area contributed by atoms with Crippen LogP contribution in [0.1, 0.15) is 24.8 Å². The second-order valence-electron chi connectivity index (χ2n) is 4.50. The molecular formula is C15H18O5. The molecule has 1 heterocycles. The van der Waals surface area contributed by atoms with Gasteiger partial charge in [0.2, 0.25) is 0 Å². The van der Waals surface area contributed by atoms with E-state index in [-0.39, 0.29) is 6.29 Å². The van der Waals surface area contributed by atoms with Gasteiger partial charge >= 0.3 is 5.97 Å². The summed E-state index contributed by atoms with van der Waals surface area (Å²) < 4.78 is 16.6. The van der Waals surface area contributed by atoms with Crippen molar-refractivity contribution in [1.82, 2.24) is 0 Å². The van der Waals surface area contributed by atoms with Crippen LogP contribution in [0, 0.1) is 0 Å². The first-order valence-electron chi connectivity index (χ1n) is 6.56. The Morgan fingerprint density at radius 2 is 2.25 bits per heavy atom. The Kier molecular flexibility index (Phi) is 5.01. The Hall–Kier alpha value is -2.01. The molecule has 1 N–H and O–H groups in total. The largest absolute Gasteiger partial charge is 0.493 e. The highest BCUT2D eigenvalue weighted by Gasteiger charge is 2.17. The molecule has 1 fully saturated rings. The van der Waals surface area contributed by atoms with E-state index in [4.69, 9.17) is 19.3 Å². The summed E-state index contributed by atoms with van der Waals surface area (Å²) in [5, 5.41) is 8.61. The second kappa shape index (κ2) is 6.96. The topological polar surface area (TPSA) is 65.0 Å². The fourth-order valence-electron chi connectivity index (χ4n) is 2.00. The number of carbonyl (C=O) groups is 1. The Balaban J connectivity index is 2.10. The van der Waals surface area contributed by atoms with Crippen LogP contribution in [-0.2, 0) is 9.53 Å². The van der Waals surface area contributed by atoms with Gasteiger partial charge in [-0.3, -0.25) is 0 Å². The Morgan fingerprint density at radius 1 is 1.40 bits per heavy atom. The average molecular weight is 278 g/mol. The van der Waals surface area contributed by atoms with Gasteiger partial charge in [-0.2, -0.15) is 0 Å². The lowest BCUT2D eigenvalue weighted by atomic mass is 10.2. The van der Waals surface area contributed by atoms with E-state index in [1.54, 1.807) is 25.3 Å². The molecule has 0 aromatic heterocycles. The molecule has 20 heavy (non-hydrogen) atoms. The third-order valence-corrected chi connectivity index (χ3v) is 3.00. The Labute approximate surface area is 117 Å². The number of carboxylic acid groups (broad SMARTS) is 1. The molecule has 0 radical (unpaired) electrons. The van der Waals surface area contributed by atoms with Crippen LogP contribution >= 0.6 is 0 Å². The highest BCUT2D eigenvalue weighted by Crippen LogP contribution is 2.31. The smallest absolute Gasteiger partial charge is 0.328 e. The zero-order chi connectivity index (χ0) is 14.4. The number of rotatable bonds is 5. The van der Waals surface area contributed by atoms with Gasteiger partial charge in [-0.15, -0.1) is 0 Å². The zero-order valence-electron chi connectivity index (χ0n) is 11.4. The predicted molar refractivity (Wildman–Crippen MR) is 73.9 cm³/mol. The van der Waals surface area contributed by atoms with Crippen LogP contribution in [0.5, 0.6) is 11.5 Å². The Morgan fingerprint density at radius 3 is 2.90 bits per heavy atom. The van der Waals surface area contributed by atoms with E-state index >= 15 is 0 Å². The standard InChI is InChI=1S/C15H18O5/c1-18-13-10-11(6-8-14(16)17)5-7-12(13)20-15-4-2-3-9-19-15/h5-8,10,15H,2-4,9H2,1H3,(H,16,17). The maximum atomic E-state index is 10.5. The summed E-state index contributed by atoms with van der Waals surface area (Å²) in [6.45, 7) is 0.715. The molecule has 0 amide bonds. The van der Waals surface area contributed by atoms with Gasteiger partial charge in [0.25, 0.3) is 0 Å². The summed E-state index contributed by atoms with van der Waals surface area (Å²) in [5.74, 6) is 0.179. The first kappa shape index (κ1) is 14.4. The molecule has 5 heteroatoms. The quantitative estimate of drug-likeness (QED) is 0.839. The number of hydrogen-bond acceptors (Lipinski definition) is 4. The molecule has 108 valence electrons. The van der Waals surface area contributed by atoms with Gasteiger partial charge in [-0.05, 0) is 36.6 Å². The third kappa shape index (κ3) is 3.99. The van der Waals surface area contributed by atoms with Crippen molar-refractivity contribution in [3.63, 3.8) is 0 Å². The van der Waals surface area contributed by atoms with Crippen molar-refractivity contribution < 1.29 is 24.1 Å². The minimum absolute atomic E-state index is 0.238. The second-order valence-corrected chi connectivity index (χ2v) is 4.50. The van der Waals surface area contributed by atoms with Crippen LogP contribution in [0.25, 0.3) is 6.08 Å². The number of carboxylic acids is 1. The number of ether oxygens (including phenoxy) is 3.